The number of hydrogen-bond donors (Lipinski definition) is 1. The van der Waals surface area contributed by atoms with E-state index in [-0.39, 0.29) is 23.6 Å². The van der Waals surface area contributed by atoms with Gasteiger partial charge in [-0.15, -0.1) is 0 Å². The third-order valence-corrected chi connectivity index (χ3v) is 4.85. The number of benzene rings is 2. The number of aromatic nitrogens is 1. The van der Waals surface area contributed by atoms with Crippen LogP contribution in [0.2, 0.25) is 0 Å². The summed E-state index contributed by atoms with van der Waals surface area (Å²) in [4.78, 5) is 24.9. The second-order valence-electron chi connectivity index (χ2n) is 7.07. The van der Waals surface area contributed by atoms with Crippen molar-refractivity contribution < 1.29 is 23.6 Å². The van der Waals surface area contributed by atoms with Crippen LogP contribution in [-0.2, 0) is 16.1 Å². The first-order valence-corrected chi connectivity index (χ1v) is 9.53. The van der Waals surface area contributed by atoms with Gasteiger partial charge >= 0.3 is 5.97 Å². The first-order valence-electron chi connectivity index (χ1n) is 9.53. The van der Waals surface area contributed by atoms with Crippen LogP contribution in [0.3, 0.4) is 0 Å². The Kier molecular flexibility index (Phi) is 6.46. The van der Waals surface area contributed by atoms with E-state index >= 15 is 0 Å². The van der Waals surface area contributed by atoms with Gasteiger partial charge in [-0.3, -0.25) is 4.79 Å². The zero-order valence-electron chi connectivity index (χ0n) is 17.4. The van der Waals surface area contributed by atoms with Crippen molar-refractivity contribution in [2.75, 3.05) is 6.61 Å². The van der Waals surface area contributed by atoms with E-state index in [9.17, 15) is 9.59 Å². The lowest BCUT2D eigenvalue weighted by atomic mass is 10.0. The Bertz CT molecular complexity index is 1190. The molecule has 0 saturated heterocycles. The van der Waals surface area contributed by atoms with Gasteiger partial charge in [0.25, 0.3) is 0 Å². The van der Waals surface area contributed by atoms with Crippen molar-refractivity contribution in [1.82, 2.24) is 5.16 Å². The SMILES string of the molecule is CC(=N)[C@H](C#N)C(=O)COC(=O)c1cc2ccccc2cc1OCc1c(C)noc1C. The Labute approximate surface area is 178 Å². The molecule has 0 aliphatic rings. The van der Waals surface area contributed by atoms with Crippen molar-refractivity contribution in [3.05, 3.63) is 59.0 Å². The molecule has 1 atom stereocenters. The third kappa shape index (κ3) is 4.78. The molecule has 0 saturated carbocycles. The molecular weight excluding hydrogens is 398 g/mol. The van der Waals surface area contributed by atoms with Crippen molar-refractivity contribution in [3.8, 4) is 11.8 Å². The summed E-state index contributed by atoms with van der Waals surface area (Å²) in [7, 11) is 0. The summed E-state index contributed by atoms with van der Waals surface area (Å²) in [6, 6.07) is 12.6. The maximum absolute atomic E-state index is 12.8. The lowest BCUT2D eigenvalue weighted by Crippen LogP contribution is -2.25. The number of nitrogens with zero attached hydrogens (tertiary/aromatic N) is 2. The number of nitrogens with one attached hydrogen (secondary N) is 1. The number of carbonyl (C=O) groups is 2. The van der Waals surface area contributed by atoms with E-state index < -0.39 is 24.3 Å². The first kappa shape index (κ1) is 21.7. The molecule has 0 aliphatic heterocycles. The highest BCUT2D eigenvalue weighted by atomic mass is 16.5. The normalized spacial score (nSPS) is 11.5. The molecule has 3 aromatic rings. The molecule has 1 aromatic heterocycles. The fraction of sp³-hybridized carbons (Fsp3) is 0.261. The highest BCUT2D eigenvalue weighted by Gasteiger charge is 2.23. The van der Waals surface area contributed by atoms with Crippen molar-refractivity contribution in [3.63, 3.8) is 0 Å². The number of rotatable bonds is 8. The molecule has 3 rings (SSSR count). The lowest BCUT2D eigenvalue weighted by molar-refractivity contribution is -0.122. The maximum Gasteiger partial charge on any atom is 0.342 e. The van der Waals surface area contributed by atoms with E-state index in [1.54, 1.807) is 32.0 Å². The first-order chi connectivity index (χ1) is 14.8. The molecule has 0 amide bonds. The molecule has 0 spiro atoms. The van der Waals surface area contributed by atoms with Crippen molar-refractivity contribution in [2.24, 2.45) is 5.92 Å². The van der Waals surface area contributed by atoms with Crippen molar-refractivity contribution in [1.29, 1.82) is 10.7 Å². The predicted molar refractivity (Wildman–Crippen MR) is 112 cm³/mol. The third-order valence-electron chi connectivity index (χ3n) is 4.85. The number of ether oxygens (including phenoxy) is 2. The number of ketones is 1. The monoisotopic (exact) mass is 419 g/mol. The van der Waals surface area contributed by atoms with Gasteiger partial charge in [0.05, 0.1) is 17.3 Å². The summed E-state index contributed by atoms with van der Waals surface area (Å²) in [5.74, 6) is -1.73. The van der Waals surface area contributed by atoms with Gasteiger partial charge in [0.2, 0.25) is 0 Å². The molecule has 1 N–H and O–H groups in total. The van der Waals surface area contributed by atoms with Gasteiger partial charge < -0.3 is 19.4 Å². The molecular formula is C23H21N3O5. The Morgan fingerprint density at radius 1 is 1.23 bits per heavy atom. The van der Waals surface area contributed by atoms with E-state index in [0.29, 0.717) is 11.5 Å². The topological polar surface area (TPSA) is 126 Å². The van der Waals surface area contributed by atoms with Gasteiger partial charge in [-0.2, -0.15) is 5.26 Å². The number of nitriles is 1. The van der Waals surface area contributed by atoms with Crippen molar-refractivity contribution >= 4 is 28.2 Å². The second-order valence-corrected chi connectivity index (χ2v) is 7.07. The predicted octanol–water partition coefficient (Wildman–Crippen LogP) is 3.93. The number of Topliss-reactive ketones (excluding diaryl/α,β-unsaturated/α-hetero) is 1. The molecule has 2 aromatic carbocycles. The standard InChI is InChI=1S/C23H21N3O5/c1-13(25)19(10-24)21(27)12-30-23(28)18-8-16-6-4-5-7-17(16)9-22(18)29-11-20-14(2)26-31-15(20)3/h4-9,19,25H,11-12H2,1-3H3/t19-/m0/s1. The summed E-state index contributed by atoms with van der Waals surface area (Å²) in [5.41, 5.74) is 1.52. The van der Waals surface area contributed by atoms with Gasteiger partial charge in [-0.1, -0.05) is 29.4 Å². The highest BCUT2D eigenvalue weighted by Crippen LogP contribution is 2.28. The number of fused-ring (bicyclic) bond motifs is 1. The number of aryl methyl sites for hydroxylation is 2. The van der Waals surface area contributed by atoms with E-state index in [0.717, 1.165) is 16.3 Å². The smallest absolute Gasteiger partial charge is 0.342 e. The highest BCUT2D eigenvalue weighted by molar-refractivity contribution is 6.06. The largest absolute Gasteiger partial charge is 0.488 e. The average Bonchev–Trinajstić information content (AvgIpc) is 3.07. The zero-order valence-corrected chi connectivity index (χ0v) is 17.4. The van der Waals surface area contributed by atoms with Crippen LogP contribution in [0, 0.1) is 36.5 Å². The van der Waals surface area contributed by atoms with Crippen LogP contribution in [0.25, 0.3) is 10.8 Å². The number of hydrogen-bond acceptors (Lipinski definition) is 8. The maximum atomic E-state index is 12.8. The Morgan fingerprint density at radius 3 is 2.48 bits per heavy atom. The van der Waals surface area contributed by atoms with Crippen LogP contribution < -0.4 is 4.74 Å². The van der Waals surface area contributed by atoms with Crippen LogP contribution >= 0.6 is 0 Å². The fourth-order valence-corrected chi connectivity index (χ4v) is 3.06. The van der Waals surface area contributed by atoms with Crippen LogP contribution in [0.15, 0.2) is 40.9 Å². The summed E-state index contributed by atoms with van der Waals surface area (Å²) in [6.45, 7) is 4.47. The van der Waals surface area contributed by atoms with Crippen molar-refractivity contribution in [2.45, 2.75) is 27.4 Å². The molecule has 0 bridgehead atoms. The summed E-state index contributed by atoms with van der Waals surface area (Å²) >= 11 is 0. The van der Waals surface area contributed by atoms with E-state index in [2.05, 4.69) is 5.16 Å². The molecule has 8 heteroatoms. The Morgan fingerprint density at radius 2 is 1.90 bits per heavy atom. The zero-order chi connectivity index (χ0) is 22.5. The number of carbonyl (C=O) groups excluding carboxylic acids is 2. The molecule has 0 unspecified atom stereocenters. The fourth-order valence-electron chi connectivity index (χ4n) is 3.06. The van der Waals surface area contributed by atoms with Crippen LogP contribution in [0.1, 0.15) is 34.3 Å². The van der Waals surface area contributed by atoms with Gasteiger partial charge in [0, 0.05) is 5.71 Å². The lowest BCUT2D eigenvalue weighted by Gasteiger charge is -2.13. The van der Waals surface area contributed by atoms with Crippen LogP contribution in [0.4, 0.5) is 0 Å². The van der Waals surface area contributed by atoms with E-state index in [4.69, 9.17) is 24.7 Å². The van der Waals surface area contributed by atoms with E-state index in [1.807, 2.05) is 24.3 Å². The molecule has 1 heterocycles. The molecule has 8 nitrogen and oxygen atoms in total. The summed E-state index contributed by atoms with van der Waals surface area (Å²) in [5, 5.41) is 22.1. The molecule has 0 fully saturated rings. The Hall–Kier alpha value is -3.99. The van der Waals surface area contributed by atoms with E-state index in [1.165, 1.54) is 6.92 Å². The minimum Gasteiger partial charge on any atom is -0.488 e. The average molecular weight is 419 g/mol. The van der Waals surface area contributed by atoms with Gasteiger partial charge in [0.1, 0.15) is 29.6 Å². The summed E-state index contributed by atoms with van der Waals surface area (Å²) < 4.78 is 16.2. The molecule has 31 heavy (non-hydrogen) atoms. The second kappa shape index (κ2) is 9.22. The molecule has 0 aliphatic carbocycles. The minimum atomic E-state index is -1.24. The van der Waals surface area contributed by atoms with Gasteiger partial charge in [0.15, 0.2) is 12.4 Å². The molecule has 0 radical (unpaired) electrons. The van der Waals surface area contributed by atoms with Gasteiger partial charge in [-0.05, 0) is 43.7 Å². The van der Waals surface area contributed by atoms with Crippen LogP contribution in [-0.4, -0.2) is 29.2 Å². The van der Waals surface area contributed by atoms with Crippen LogP contribution in [0.5, 0.6) is 5.75 Å². The van der Waals surface area contributed by atoms with Gasteiger partial charge in [-0.25, -0.2) is 4.79 Å². The number of esters is 1. The quantitative estimate of drug-likeness (QED) is 0.433. The molecule has 158 valence electrons. The minimum absolute atomic E-state index is 0.0993. The summed E-state index contributed by atoms with van der Waals surface area (Å²) in [6.07, 6.45) is 0. The Balaban J connectivity index is 1.86.